The Balaban J connectivity index is 2.10. The van der Waals surface area contributed by atoms with E-state index in [0.29, 0.717) is 18.8 Å². The molecule has 1 aliphatic rings. The van der Waals surface area contributed by atoms with E-state index in [1.165, 1.54) is 17.4 Å². The van der Waals surface area contributed by atoms with Crippen molar-refractivity contribution in [3.63, 3.8) is 0 Å². The van der Waals surface area contributed by atoms with Crippen LogP contribution in [0.4, 0.5) is 8.78 Å². The molecule has 22 heavy (non-hydrogen) atoms. The summed E-state index contributed by atoms with van der Waals surface area (Å²) < 4.78 is 57.7. The third kappa shape index (κ3) is 4.02. The molecule has 1 aromatic rings. The van der Waals surface area contributed by atoms with Crippen molar-refractivity contribution in [2.45, 2.75) is 25.8 Å². The van der Waals surface area contributed by atoms with Gasteiger partial charge in [0.2, 0.25) is 10.0 Å². The van der Waals surface area contributed by atoms with Gasteiger partial charge in [-0.05, 0) is 43.4 Å². The molecule has 0 radical (unpaired) electrons. The van der Waals surface area contributed by atoms with Crippen LogP contribution < -0.4 is 0 Å². The van der Waals surface area contributed by atoms with E-state index in [9.17, 15) is 17.2 Å². The maximum Gasteiger partial charge on any atom is 0.214 e. The molecule has 0 unspecified atom stereocenters. The van der Waals surface area contributed by atoms with Crippen molar-refractivity contribution in [3.8, 4) is 0 Å². The Morgan fingerprint density at radius 1 is 1.27 bits per heavy atom. The van der Waals surface area contributed by atoms with Crippen LogP contribution in [0.3, 0.4) is 0 Å². The zero-order chi connectivity index (χ0) is 16.3. The van der Waals surface area contributed by atoms with Gasteiger partial charge in [-0.2, -0.15) is 4.31 Å². The molecule has 1 atom stereocenters. The fourth-order valence-corrected chi connectivity index (χ4v) is 4.32. The van der Waals surface area contributed by atoms with E-state index in [0.717, 1.165) is 25.0 Å². The van der Waals surface area contributed by atoms with Crippen LogP contribution in [-0.2, 0) is 14.8 Å². The van der Waals surface area contributed by atoms with Crippen LogP contribution in [0.5, 0.6) is 0 Å². The molecule has 0 saturated carbocycles. The Kier molecular flexibility index (Phi) is 5.52. The van der Waals surface area contributed by atoms with Crippen LogP contribution in [-0.4, -0.2) is 38.7 Å². The molecule has 1 heterocycles. The van der Waals surface area contributed by atoms with Crippen molar-refractivity contribution in [2.24, 2.45) is 5.92 Å². The van der Waals surface area contributed by atoms with E-state index in [1.807, 2.05) is 0 Å². The second-order valence-electron chi connectivity index (χ2n) is 5.70. The first-order valence-corrected chi connectivity index (χ1v) is 8.90. The lowest BCUT2D eigenvalue weighted by Gasteiger charge is -2.28. The molecule has 2 rings (SSSR count). The van der Waals surface area contributed by atoms with Crippen LogP contribution >= 0.6 is 0 Å². The largest absolute Gasteiger partial charge is 0.381 e. The van der Waals surface area contributed by atoms with Crippen molar-refractivity contribution in [1.82, 2.24) is 4.31 Å². The molecule has 124 valence electrons. The summed E-state index contributed by atoms with van der Waals surface area (Å²) in [5.74, 6) is -1.78. The lowest BCUT2D eigenvalue weighted by Crippen LogP contribution is -2.35. The number of benzene rings is 1. The van der Waals surface area contributed by atoms with Crippen LogP contribution in [0.2, 0.25) is 0 Å². The Morgan fingerprint density at radius 2 is 1.91 bits per heavy atom. The Labute approximate surface area is 130 Å². The van der Waals surface area contributed by atoms with Gasteiger partial charge in [0.15, 0.2) is 11.6 Å². The predicted octanol–water partition coefficient (Wildman–Crippen LogP) is 2.71. The molecule has 0 amide bonds. The first-order valence-electron chi connectivity index (χ1n) is 7.29. The smallest absolute Gasteiger partial charge is 0.214 e. The Bertz CT molecular complexity index is 615. The van der Waals surface area contributed by atoms with Crippen LogP contribution in [0, 0.1) is 17.6 Å². The molecule has 0 bridgehead atoms. The van der Waals surface area contributed by atoms with E-state index in [1.54, 1.807) is 6.92 Å². The topological polar surface area (TPSA) is 46.6 Å². The summed E-state index contributed by atoms with van der Waals surface area (Å²) in [6.07, 6.45) is 1.46. The van der Waals surface area contributed by atoms with Gasteiger partial charge < -0.3 is 4.74 Å². The molecular formula is C15H21F2NO3S. The molecule has 1 aliphatic heterocycles. The average Bonchev–Trinajstić information content (AvgIpc) is 2.49. The zero-order valence-electron chi connectivity index (χ0n) is 12.8. The molecule has 1 saturated heterocycles. The van der Waals surface area contributed by atoms with Crippen LogP contribution in [0.15, 0.2) is 18.2 Å². The first kappa shape index (κ1) is 17.3. The number of sulfonamides is 1. The van der Waals surface area contributed by atoms with Gasteiger partial charge in [-0.1, -0.05) is 6.07 Å². The molecule has 0 spiro atoms. The lowest BCUT2D eigenvalue weighted by atomic mass is 10.0. The van der Waals surface area contributed by atoms with Gasteiger partial charge in [0.05, 0.1) is 5.75 Å². The number of ether oxygens (including phenoxy) is 1. The highest BCUT2D eigenvalue weighted by molar-refractivity contribution is 7.89. The molecule has 1 aromatic carbocycles. The number of nitrogens with zero attached hydrogens (tertiary/aromatic N) is 1. The molecule has 7 heteroatoms. The van der Waals surface area contributed by atoms with Crippen LogP contribution in [0.1, 0.15) is 31.4 Å². The molecule has 0 N–H and O–H groups in total. The van der Waals surface area contributed by atoms with E-state index in [2.05, 4.69) is 0 Å². The van der Waals surface area contributed by atoms with Crippen molar-refractivity contribution >= 4 is 10.0 Å². The fraction of sp³-hybridized carbons (Fsp3) is 0.600. The minimum absolute atomic E-state index is 0.0564. The molecule has 0 aromatic heterocycles. The second kappa shape index (κ2) is 7.02. The van der Waals surface area contributed by atoms with E-state index < -0.39 is 27.7 Å². The quantitative estimate of drug-likeness (QED) is 0.832. The molecular weight excluding hydrogens is 312 g/mol. The van der Waals surface area contributed by atoms with Gasteiger partial charge in [0, 0.05) is 26.3 Å². The Morgan fingerprint density at radius 3 is 2.50 bits per heavy atom. The lowest BCUT2D eigenvalue weighted by molar-refractivity contribution is 0.0720. The average molecular weight is 333 g/mol. The van der Waals surface area contributed by atoms with E-state index >= 15 is 0 Å². The molecule has 0 aliphatic carbocycles. The number of halogens is 2. The molecule has 4 nitrogen and oxygen atoms in total. The van der Waals surface area contributed by atoms with Crippen molar-refractivity contribution in [3.05, 3.63) is 35.4 Å². The van der Waals surface area contributed by atoms with Gasteiger partial charge in [0.1, 0.15) is 0 Å². The van der Waals surface area contributed by atoms with Gasteiger partial charge in [0.25, 0.3) is 0 Å². The normalized spacial score (nSPS) is 18.6. The maximum atomic E-state index is 13.3. The summed E-state index contributed by atoms with van der Waals surface area (Å²) in [7, 11) is -2.00. The third-order valence-corrected chi connectivity index (χ3v) is 6.28. The second-order valence-corrected chi connectivity index (χ2v) is 7.77. The summed E-state index contributed by atoms with van der Waals surface area (Å²) in [6.45, 7) is 2.83. The third-order valence-electron chi connectivity index (χ3n) is 4.20. The van der Waals surface area contributed by atoms with Crippen molar-refractivity contribution in [2.75, 3.05) is 26.0 Å². The van der Waals surface area contributed by atoms with Gasteiger partial charge in [-0.3, -0.25) is 0 Å². The zero-order valence-corrected chi connectivity index (χ0v) is 13.6. The summed E-state index contributed by atoms with van der Waals surface area (Å²) in [6, 6.07) is 2.91. The van der Waals surface area contributed by atoms with E-state index in [-0.39, 0.29) is 11.7 Å². The number of hydrogen-bond acceptors (Lipinski definition) is 3. The minimum Gasteiger partial charge on any atom is -0.381 e. The number of hydrogen-bond donors (Lipinski definition) is 0. The maximum absolute atomic E-state index is 13.3. The SMILES string of the molecule is C[C@H](c1ccc(F)c(F)c1)N(C)S(=O)(=O)CC1CCOCC1. The monoisotopic (exact) mass is 333 g/mol. The van der Waals surface area contributed by atoms with Gasteiger partial charge in [-0.15, -0.1) is 0 Å². The highest BCUT2D eigenvalue weighted by Gasteiger charge is 2.29. The highest BCUT2D eigenvalue weighted by atomic mass is 32.2. The van der Waals surface area contributed by atoms with E-state index in [4.69, 9.17) is 4.74 Å². The summed E-state index contributed by atoms with van der Waals surface area (Å²) in [4.78, 5) is 0. The molecule has 1 fully saturated rings. The summed E-state index contributed by atoms with van der Waals surface area (Å²) in [5, 5.41) is 0. The predicted molar refractivity (Wildman–Crippen MR) is 79.9 cm³/mol. The Hall–Kier alpha value is -1.05. The van der Waals surface area contributed by atoms with Crippen molar-refractivity contribution in [1.29, 1.82) is 0 Å². The van der Waals surface area contributed by atoms with Crippen molar-refractivity contribution < 1.29 is 21.9 Å². The fourth-order valence-electron chi connectivity index (χ4n) is 2.55. The van der Waals surface area contributed by atoms with Crippen LogP contribution in [0.25, 0.3) is 0 Å². The van der Waals surface area contributed by atoms with Gasteiger partial charge >= 0.3 is 0 Å². The standard InChI is InChI=1S/C15H21F2NO3S/c1-11(13-3-4-14(16)15(17)9-13)18(2)22(19,20)10-12-5-7-21-8-6-12/h3-4,9,11-12H,5-8,10H2,1-2H3/t11-/m1/s1. The summed E-state index contributed by atoms with van der Waals surface area (Å²) >= 11 is 0. The van der Waals surface area contributed by atoms with Gasteiger partial charge in [-0.25, -0.2) is 17.2 Å². The first-order chi connectivity index (χ1) is 10.3. The number of rotatable bonds is 5. The summed E-state index contributed by atoms with van der Waals surface area (Å²) in [5.41, 5.74) is 0.428. The minimum atomic E-state index is -3.47. The highest BCUT2D eigenvalue weighted by Crippen LogP contribution is 2.26.